The van der Waals surface area contributed by atoms with Crippen molar-refractivity contribution in [2.45, 2.75) is 24.9 Å². The van der Waals surface area contributed by atoms with Crippen molar-refractivity contribution in [3.05, 3.63) is 35.9 Å². The van der Waals surface area contributed by atoms with Gasteiger partial charge in [-0.2, -0.15) is 0 Å². The first-order valence-corrected chi connectivity index (χ1v) is 7.88. The summed E-state index contributed by atoms with van der Waals surface area (Å²) < 4.78 is 5.52. The van der Waals surface area contributed by atoms with E-state index in [1.165, 1.54) is 6.42 Å². The lowest BCUT2D eigenvalue weighted by Gasteiger charge is -2.31. The molecule has 2 unspecified atom stereocenters. The van der Waals surface area contributed by atoms with Crippen molar-refractivity contribution in [1.29, 1.82) is 0 Å². The summed E-state index contributed by atoms with van der Waals surface area (Å²) in [6.07, 6.45) is 3.05. The first kappa shape index (κ1) is 16.4. The van der Waals surface area contributed by atoms with Gasteiger partial charge in [0, 0.05) is 26.2 Å². The maximum Gasteiger partial charge on any atom is 0.103 e. The molecule has 1 aromatic carbocycles. The van der Waals surface area contributed by atoms with E-state index < -0.39 is 5.60 Å². The minimum absolute atomic E-state index is 0.247. The molecule has 0 amide bonds. The number of hydrogen-bond donors (Lipinski definition) is 2. The SMILES string of the molecule is CN(CCC(O)(CN)c1ccccc1)CC1CCCOC1. The quantitative estimate of drug-likeness (QED) is 0.801. The van der Waals surface area contributed by atoms with Crippen LogP contribution in [0.5, 0.6) is 0 Å². The number of hydrogen-bond acceptors (Lipinski definition) is 4. The summed E-state index contributed by atoms with van der Waals surface area (Å²) >= 11 is 0. The number of nitrogens with zero attached hydrogens (tertiary/aromatic N) is 1. The van der Waals surface area contributed by atoms with Crippen molar-refractivity contribution in [2.75, 3.05) is 39.9 Å². The summed E-state index contributed by atoms with van der Waals surface area (Å²) in [6.45, 7) is 3.87. The Hall–Kier alpha value is -0.940. The van der Waals surface area contributed by atoms with Gasteiger partial charge in [0.05, 0.1) is 6.61 Å². The van der Waals surface area contributed by atoms with Crippen molar-refractivity contribution < 1.29 is 9.84 Å². The minimum atomic E-state index is -0.932. The van der Waals surface area contributed by atoms with Gasteiger partial charge in [-0.3, -0.25) is 0 Å². The fraction of sp³-hybridized carbons (Fsp3) is 0.647. The van der Waals surface area contributed by atoms with Gasteiger partial charge >= 0.3 is 0 Å². The third-order valence-corrected chi connectivity index (χ3v) is 4.38. The van der Waals surface area contributed by atoms with E-state index in [2.05, 4.69) is 11.9 Å². The Morgan fingerprint density at radius 2 is 2.14 bits per heavy atom. The van der Waals surface area contributed by atoms with E-state index in [4.69, 9.17) is 10.5 Å². The molecular weight excluding hydrogens is 264 g/mol. The zero-order valence-electron chi connectivity index (χ0n) is 13.0. The van der Waals surface area contributed by atoms with Gasteiger partial charge < -0.3 is 20.5 Å². The number of rotatable bonds is 7. The average Bonchev–Trinajstić information content (AvgIpc) is 2.54. The molecular formula is C17H28N2O2. The highest BCUT2D eigenvalue weighted by Gasteiger charge is 2.28. The maximum atomic E-state index is 10.8. The van der Waals surface area contributed by atoms with Gasteiger partial charge in [0.2, 0.25) is 0 Å². The molecule has 2 rings (SSSR count). The van der Waals surface area contributed by atoms with Crippen LogP contribution in [-0.2, 0) is 10.3 Å². The monoisotopic (exact) mass is 292 g/mol. The first-order valence-electron chi connectivity index (χ1n) is 7.88. The highest BCUT2D eigenvalue weighted by molar-refractivity contribution is 5.22. The number of ether oxygens (including phenoxy) is 1. The second kappa shape index (κ2) is 7.90. The lowest BCUT2D eigenvalue weighted by Crippen LogP contribution is -2.39. The van der Waals surface area contributed by atoms with E-state index in [1.54, 1.807) is 0 Å². The van der Waals surface area contributed by atoms with Gasteiger partial charge in [-0.15, -0.1) is 0 Å². The minimum Gasteiger partial charge on any atom is -0.384 e. The molecule has 3 N–H and O–H groups in total. The van der Waals surface area contributed by atoms with Crippen LogP contribution < -0.4 is 5.73 Å². The molecule has 1 aromatic rings. The summed E-state index contributed by atoms with van der Waals surface area (Å²) in [5.74, 6) is 0.617. The molecule has 1 aliphatic rings. The molecule has 0 aromatic heterocycles. The normalized spacial score (nSPS) is 22.2. The van der Waals surface area contributed by atoms with E-state index in [1.807, 2.05) is 30.3 Å². The maximum absolute atomic E-state index is 10.8. The van der Waals surface area contributed by atoms with E-state index in [-0.39, 0.29) is 6.54 Å². The van der Waals surface area contributed by atoms with Crippen molar-refractivity contribution in [3.8, 4) is 0 Å². The second-order valence-electron chi connectivity index (χ2n) is 6.20. The van der Waals surface area contributed by atoms with Gasteiger partial charge in [-0.25, -0.2) is 0 Å². The van der Waals surface area contributed by atoms with Crippen LogP contribution in [0, 0.1) is 5.92 Å². The highest BCUT2D eigenvalue weighted by Crippen LogP contribution is 2.24. The molecule has 1 fully saturated rings. The highest BCUT2D eigenvalue weighted by atomic mass is 16.5. The van der Waals surface area contributed by atoms with Crippen LogP contribution in [0.4, 0.5) is 0 Å². The summed E-state index contributed by atoms with van der Waals surface area (Å²) in [7, 11) is 2.11. The van der Waals surface area contributed by atoms with Gasteiger partial charge in [-0.1, -0.05) is 30.3 Å². The molecule has 1 saturated heterocycles. The Labute approximate surface area is 127 Å². The molecule has 2 atom stereocenters. The molecule has 1 aliphatic heterocycles. The van der Waals surface area contributed by atoms with Crippen LogP contribution in [0.3, 0.4) is 0 Å². The Morgan fingerprint density at radius 3 is 2.76 bits per heavy atom. The molecule has 0 bridgehead atoms. The predicted molar refractivity (Wildman–Crippen MR) is 85.1 cm³/mol. The average molecular weight is 292 g/mol. The van der Waals surface area contributed by atoms with E-state index in [9.17, 15) is 5.11 Å². The summed E-state index contributed by atoms with van der Waals surface area (Å²) in [5.41, 5.74) is 5.79. The third kappa shape index (κ3) is 4.78. The Balaban J connectivity index is 1.84. The summed E-state index contributed by atoms with van der Waals surface area (Å²) in [4.78, 5) is 2.28. The lowest BCUT2D eigenvalue weighted by atomic mass is 9.90. The van der Waals surface area contributed by atoms with Crippen molar-refractivity contribution in [1.82, 2.24) is 4.90 Å². The number of nitrogens with two attached hydrogens (primary N) is 1. The smallest absolute Gasteiger partial charge is 0.103 e. The molecule has 1 heterocycles. The zero-order valence-corrected chi connectivity index (χ0v) is 13.0. The second-order valence-corrected chi connectivity index (χ2v) is 6.20. The fourth-order valence-corrected chi connectivity index (χ4v) is 2.97. The van der Waals surface area contributed by atoms with Crippen molar-refractivity contribution >= 4 is 0 Å². The molecule has 4 nitrogen and oxygen atoms in total. The third-order valence-electron chi connectivity index (χ3n) is 4.38. The Kier molecular flexibility index (Phi) is 6.18. The van der Waals surface area contributed by atoms with E-state index in [0.29, 0.717) is 12.3 Å². The van der Waals surface area contributed by atoms with Crippen molar-refractivity contribution in [2.24, 2.45) is 11.7 Å². The summed E-state index contributed by atoms with van der Waals surface area (Å²) in [6, 6.07) is 9.73. The van der Waals surface area contributed by atoms with Gasteiger partial charge in [0.15, 0.2) is 0 Å². The van der Waals surface area contributed by atoms with Gasteiger partial charge in [0.1, 0.15) is 5.60 Å². The molecule has 21 heavy (non-hydrogen) atoms. The van der Waals surface area contributed by atoms with Crippen LogP contribution in [0.25, 0.3) is 0 Å². The van der Waals surface area contributed by atoms with Crippen LogP contribution in [0.2, 0.25) is 0 Å². The molecule has 0 saturated carbocycles. The number of aliphatic hydroxyl groups is 1. The van der Waals surface area contributed by atoms with Crippen LogP contribution >= 0.6 is 0 Å². The van der Waals surface area contributed by atoms with Gasteiger partial charge in [0.25, 0.3) is 0 Å². The number of benzene rings is 1. The van der Waals surface area contributed by atoms with Crippen LogP contribution in [0.15, 0.2) is 30.3 Å². The first-order chi connectivity index (χ1) is 10.1. The topological polar surface area (TPSA) is 58.7 Å². The van der Waals surface area contributed by atoms with Crippen LogP contribution in [0.1, 0.15) is 24.8 Å². The van der Waals surface area contributed by atoms with Crippen molar-refractivity contribution in [3.63, 3.8) is 0 Å². The predicted octanol–water partition coefficient (Wildman–Crippen LogP) is 1.58. The van der Waals surface area contributed by atoms with E-state index >= 15 is 0 Å². The summed E-state index contributed by atoms with van der Waals surface area (Å²) in [5, 5.41) is 10.8. The zero-order chi connectivity index (χ0) is 15.1. The largest absolute Gasteiger partial charge is 0.384 e. The molecule has 0 radical (unpaired) electrons. The lowest BCUT2D eigenvalue weighted by molar-refractivity contribution is 0.0172. The Bertz CT molecular complexity index is 407. The standard InChI is InChI=1S/C17H28N2O2/c1-19(12-15-6-5-11-21-13-15)10-9-17(20,14-18)16-7-3-2-4-8-16/h2-4,7-8,15,20H,5-6,9-14,18H2,1H3. The molecule has 118 valence electrons. The molecule has 0 spiro atoms. The molecule has 0 aliphatic carbocycles. The fourth-order valence-electron chi connectivity index (χ4n) is 2.97. The van der Waals surface area contributed by atoms with Crippen LogP contribution in [-0.4, -0.2) is 49.9 Å². The molecule has 4 heteroatoms. The van der Waals surface area contributed by atoms with E-state index in [0.717, 1.165) is 38.3 Å². The van der Waals surface area contributed by atoms with Gasteiger partial charge in [-0.05, 0) is 37.8 Å². The Morgan fingerprint density at radius 1 is 1.38 bits per heavy atom.